The summed E-state index contributed by atoms with van der Waals surface area (Å²) in [5.41, 5.74) is 0. The Bertz CT molecular complexity index is 390. The lowest BCUT2D eigenvalue weighted by Crippen LogP contribution is -2.53. The summed E-state index contributed by atoms with van der Waals surface area (Å²) in [6.45, 7) is 12.3. The zero-order valence-electron chi connectivity index (χ0n) is 16.8. The van der Waals surface area contributed by atoms with Gasteiger partial charge in [0.1, 0.15) is 27.7 Å². The largest absolute Gasteiger partial charge is 0.311 e. The third kappa shape index (κ3) is 9.06. The quantitative estimate of drug-likeness (QED) is 0.279. The summed E-state index contributed by atoms with van der Waals surface area (Å²) < 4.78 is 0. The summed E-state index contributed by atoms with van der Waals surface area (Å²) in [5.74, 6) is 0.486. The van der Waals surface area contributed by atoms with E-state index in [-0.39, 0.29) is 11.6 Å². The van der Waals surface area contributed by atoms with Crippen molar-refractivity contribution in [2.24, 2.45) is 0 Å². The van der Waals surface area contributed by atoms with Crippen LogP contribution in [0.1, 0.15) is 65.2 Å². The van der Waals surface area contributed by atoms with Gasteiger partial charge in [0.15, 0.2) is 0 Å². The fraction of sp³-hybridized carbons (Fsp3) is 0.842. The number of rotatable bonds is 14. The van der Waals surface area contributed by atoms with Crippen molar-refractivity contribution in [3.8, 4) is 0 Å². The van der Waals surface area contributed by atoms with E-state index in [0.717, 1.165) is 38.5 Å². The van der Waals surface area contributed by atoms with Crippen molar-refractivity contribution >= 4 is 32.7 Å². The van der Waals surface area contributed by atoms with Crippen molar-refractivity contribution in [3.05, 3.63) is 0 Å². The van der Waals surface area contributed by atoms with E-state index < -0.39 is 16.1 Å². The molecule has 0 aliphatic heterocycles. The number of carbonyl (C=O) groups excluding carboxylic acids is 3. The molecule has 0 aromatic carbocycles. The molecule has 0 spiro atoms. The van der Waals surface area contributed by atoms with Crippen LogP contribution in [0.5, 0.6) is 0 Å². The van der Waals surface area contributed by atoms with Gasteiger partial charge in [-0.15, -0.1) is 0 Å². The Hall–Kier alpha value is -0.556. The second-order valence-electron chi connectivity index (χ2n) is 8.44. The predicted octanol–water partition coefficient (Wildman–Crippen LogP) is 5.99. The van der Waals surface area contributed by atoms with Crippen LogP contribution in [0, 0.1) is 0 Å². The summed E-state index contributed by atoms with van der Waals surface area (Å²) in [7, 11) is -4.50. The number of carbonyl (C=O) groups is 3. The van der Waals surface area contributed by atoms with Crippen LogP contribution in [0.15, 0.2) is 0 Å². The van der Waals surface area contributed by atoms with E-state index in [9.17, 15) is 14.4 Å². The van der Waals surface area contributed by atoms with Crippen LogP contribution < -0.4 is 0 Å². The van der Waals surface area contributed by atoms with Crippen LogP contribution in [-0.2, 0) is 9.59 Å². The smallest absolute Gasteiger partial charge is 0.130 e. The molecule has 0 radical (unpaired) electrons. The SMILES string of the molecule is CCCCCC(=O)C[Si](C)(C)C(=O)[Si](C)(C)CC(=O)CCCCC. The van der Waals surface area contributed by atoms with Gasteiger partial charge in [0, 0.05) is 24.9 Å². The Labute approximate surface area is 151 Å². The van der Waals surface area contributed by atoms with Gasteiger partial charge in [-0.3, -0.25) is 0 Å². The minimum absolute atomic E-state index is 0.243. The average Bonchev–Trinajstić information content (AvgIpc) is 2.46. The Kier molecular flexibility index (Phi) is 10.9. The van der Waals surface area contributed by atoms with Crippen molar-refractivity contribution in [2.45, 2.75) is 103 Å². The lowest BCUT2D eigenvalue weighted by atomic mass is 10.1. The van der Waals surface area contributed by atoms with E-state index in [0.29, 0.717) is 30.0 Å². The maximum Gasteiger partial charge on any atom is 0.130 e. The topological polar surface area (TPSA) is 51.2 Å². The van der Waals surface area contributed by atoms with E-state index in [2.05, 4.69) is 13.8 Å². The molecule has 0 heterocycles. The second kappa shape index (κ2) is 11.1. The number of hydrogen-bond acceptors (Lipinski definition) is 3. The molecule has 0 atom stereocenters. The van der Waals surface area contributed by atoms with Crippen molar-refractivity contribution in [1.29, 1.82) is 0 Å². The first-order chi connectivity index (χ1) is 11.1. The zero-order chi connectivity index (χ0) is 18.8. The van der Waals surface area contributed by atoms with E-state index in [1.54, 1.807) is 0 Å². The van der Waals surface area contributed by atoms with Crippen LogP contribution in [0.25, 0.3) is 0 Å². The molecule has 0 unspecified atom stereocenters. The summed E-state index contributed by atoms with van der Waals surface area (Å²) in [6.07, 6.45) is 7.45. The third-order valence-corrected chi connectivity index (χ3v) is 13.7. The molecule has 0 bridgehead atoms. The van der Waals surface area contributed by atoms with Gasteiger partial charge in [-0.05, 0) is 12.8 Å². The Morgan fingerprint density at radius 2 is 0.958 bits per heavy atom. The molecule has 0 aromatic rings. The summed E-state index contributed by atoms with van der Waals surface area (Å²) in [5, 5.41) is 0.308. The molecular formula is C19H38O3Si2. The number of hydrogen-bond donors (Lipinski definition) is 0. The number of unbranched alkanes of at least 4 members (excludes halogenated alkanes) is 4. The first-order valence-corrected chi connectivity index (χ1v) is 16.1. The first-order valence-electron chi connectivity index (χ1n) is 9.65. The van der Waals surface area contributed by atoms with Crippen molar-refractivity contribution in [1.82, 2.24) is 0 Å². The molecule has 0 saturated heterocycles. The van der Waals surface area contributed by atoms with E-state index in [4.69, 9.17) is 0 Å². The van der Waals surface area contributed by atoms with Crippen molar-refractivity contribution in [3.63, 3.8) is 0 Å². The molecule has 3 nitrogen and oxygen atoms in total. The van der Waals surface area contributed by atoms with Crippen LogP contribution >= 0.6 is 0 Å². The molecule has 5 heteroatoms. The first kappa shape index (κ1) is 23.4. The standard InChI is InChI=1S/C19H38O3Si2/c1-7-9-11-13-17(20)15-23(3,4)19(22)24(5,6)16-18(21)14-12-10-8-2/h7-16H2,1-6H3. The van der Waals surface area contributed by atoms with E-state index >= 15 is 0 Å². The van der Waals surface area contributed by atoms with Gasteiger partial charge in [-0.1, -0.05) is 65.7 Å². The fourth-order valence-corrected chi connectivity index (χ4v) is 13.9. The Balaban J connectivity index is 4.64. The van der Waals surface area contributed by atoms with Gasteiger partial charge in [0.2, 0.25) is 0 Å². The molecule has 0 fully saturated rings. The van der Waals surface area contributed by atoms with Gasteiger partial charge in [0.05, 0.1) is 5.03 Å². The molecule has 140 valence electrons. The van der Waals surface area contributed by atoms with Gasteiger partial charge in [0.25, 0.3) is 0 Å². The average molecular weight is 371 g/mol. The van der Waals surface area contributed by atoms with E-state index in [1.807, 2.05) is 26.2 Å². The summed E-state index contributed by atoms with van der Waals surface area (Å²) >= 11 is 0. The maximum atomic E-state index is 13.0. The van der Waals surface area contributed by atoms with Gasteiger partial charge in [-0.25, -0.2) is 0 Å². The summed E-state index contributed by atoms with van der Waals surface area (Å²) in [4.78, 5) is 37.4. The van der Waals surface area contributed by atoms with Crippen LogP contribution in [-0.4, -0.2) is 32.7 Å². The highest BCUT2D eigenvalue weighted by molar-refractivity contribution is 7.32. The van der Waals surface area contributed by atoms with Gasteiger partial charge < -0.3 is 14.4 Å². The molecule has 0 aliphatic rings. The minimum Gasteiger partial charge on any atom is -0.311 e. The molecule has 24 heavy (non-hydrogen) atoms. The van der Waals surface area contributed by atoms with Crippen LogP contribution in [0.3, 0.4) is 0 Å². The fourth-order valence-electron chi connectivity index (χ4n) is 3.38. The molecular weight excluding hydrogens is 332 g/mol. The third-order valence-electron chi connectivity index (χ3n) is 4.63. The molecule has 0 N–H and O–H groups in total. The van der Waals surface area contributed by atoms with Crippen LogP contribution in [0.2, 0.25) is 38.3 Å². The highest BCUT2D eigenvalue weighted by Gasteiger charge is 2.43. The molecule has 0 aromatic heterocycles. The Morgan fingerprint density at radius 1 is 0.625 bits per heavy atom. The van der Waals surface area contributed by atoms with Crippen molar-refractivity contribution < 1.29 is 14.4 Å². The van der Waals surface area contributed by atoms with E-state index in [1.165, 1.54) is 0 Å². The maximum absolute atomic E-state index is 13.0. The molecule has 0 saturated carbocycles. The van der Waals surface area contributed by atoms with Gasteiger partial charge >= 0.3 is 0 Å². The lowest BCUT2D eigenvalue weighted by Gasteiger charge is -2.30. The molecule has 0 rings (SSSR count). The highest BCUT2D eigenvalue weighted by Crippen LogP contribution is 2.25. The zero-order valence-corrected chi connectivity index (χ0v) is 18.8. The highest BCUT2D eigenvalue weighted by atomic mass is 28.4. The monoisotopic (exact) mass is 370 g/mol. The predicted molar refractivity (Wildman–Crippen MR) is 108 cm³/mol. The molecule has 0 aliphatic carbocycles. The van der Waals surface area contributed by atoms with Gasteiger partial charge in [-0.2, -0.15) is 0 Å². The normalized spacial score (nSPS) is 12.2. The lowest BCUT2D eigenvalue weighted by molar-refractivity contribution is -0.118. The van der Waals surface area contributed by atoms with Crippen LogP contribution in [0.4, 0.5) is 4.79 Å². The number of ketones is 2. The Morgan fingerprint density at radius 3 is 1.25 bits per heavy atom. The molecule has 0 amide bonds. The summed E-state index contributed by atoms with van der Waals surface area (Å²) in [6, 6.07) is 0.909. The second-order valence-corrected chi connectivity index (χ2v) is 18.1. The number of Topliss-reactive ketones (excluding diaryl/α,β-unsaturated/α-hetero) is 2. The van der Waals surface area contributed by atoms with Crippen molar-refractivity contribution in [2.75, 3.05) is 0 Å². The minimum atomic E-state index is -2.25.